The number of hydrogen-bond acceptors (Lipinski definition) is 2. The fourth-order valence-electron chi connectivity index (χ4n) is 3.91. The summed E-state index contributed by atoms with van der Waals surface area (Å²) in [6.45, 7) is 4.42. The van der Waals surface area contributed by atoms with Crippen LogP contribution in [0.4, 0.5) is 0 Å². The van der Waals surface area contributed by atoms with E-state index in [1.165, 1.54) is 38.5 Å². The molecule has 2 atom stereocenters. The van der Waals surface area contributed by atoms with Crippen molar-refractivity contribution in [3.8, 4) is 0 Å². The first kappa shape index (κ1) is 8.90. The van der Waals surface area contributed by atoms with Gasteiger partial charge >= 0.3 is 0 Å². The minimum absolute atomic E-state index is 0.234. The highest BCUT2D eigenvalue weighted by Gasteiger charge is 2.68. The molecular formula is C12H19NO. The molecule has 3 rings (SSSR count). The van der Waals surface area contributed by atoms with Crippen LogP contribution in [-0.2, 0) is 4.79 Å². The molecule has 2 nitrogen and oxygen atoms in total. The Morgan fingerprint density at radius 1 is 1.29 bits per heavy atom. The van der Waals surface area contributed by atoms with E-state index in [0.29, 0.717) is 10.8 Å². The second-order valence-corrected chi connectivity index (χ2v) is 5.53. The van der Waals surface area contributed by atoms with Crippen molar-refractivity contribution in [3.63, 3.8) is 0 Å². The average Bonchev–Trinajstić information content (AvgIpc) is 2.94. The van der Waals surface area contributed by atoms with E-state index in [0.717, 1.165) is 13.0 Å². The zero-order valence-corrected chi connectivity index (χ0v) is 8.96. The first-order valence-corrected chi connectivity index (χ1v) is 5.95. The van der Waals surface area contributed by atoms with E-state index in [1.54, 1.807) is 0 Å². The molecule has 0 aromatic carbocycles. The second kappa shape index (κ2) is 2.60. The summed E-state index contributed by atoms with van der Waals surface area (Å²) in [5.41, 5.74) is 1.27. The molecule has 0 amide bonds. The molecule has 2 heteroatoms. The highest BCUT2D eigenvalue weighted by Crippen LogP contribution is 2.74. The van der Waals surface area contributed by atoms with Crippen LogP contribution in [0, 0.1) is 10.8 Å². The van der Waals surface area contributed by atoms with E-state index in [9.17, 15) is 4.79 Å². The van der Waals surface area contributed by atoms with Crippen LogP contribution in [0.5, 0.6) is 0 Å². The molecule has 0 N–H and O–H groups in total. The van der Waals surface area contributed by atoms with Crippen LogP contribution in [-0.4, -0.2) is 30.3 Å². The van der Waals surface area contributed by atoms with Crippen LogP contribution >= 0.6 is 0 Å². The molecule has 0 aromatic rings. The number of fused-ring (bicyclic) bond motifs is 1. The van der Waals surface area contributed by atoms with Gasteiger partial charge in [0.05, 0.1) is 6.04 Å². The van der Waals surface area contributed by atoms with Gasteiger partial charge in [-0.1, -0.05) is 6.92 Å². The van der Waals surface area contributed by atoms with Crippen molar-refractivity contribution in [1.29, 1.82) is 0 Å². The number of rotatable bonds is 2. The van der Waals surface area contributed by atoms with Crippen LogP contribution < -0.4 is 0 Å². The monoisotopic (exact) mass is 193 g/mol. The zero-order chi connectivity index (χ0) is 9.81. The minimum Gasteiger partial charge on any atom is -0.302 e. The van der Waals surface area contributed by atoms with Crippen molar-refractivity contribution >= 4 is 6.29 Å². The van der Waals surface area contributed by atoms with Gasteiger partial charge < -0.3 is 4.79 Å². The third kappa shape index (κ3) is 0.881. The Balaban J connectivity index is 1.81. The molecule has 0 radical (unpaired) electrons. The summed E-state index contributed by atoms with van der Waals surface area (Å²) in [7, 11) is 0. The van der Waals surface area contributed by atoms with Gasteiger partial charge in [0, 0.05) is 6.54 Å². The van der Waals surface area contributed by atoms with Crippen LogP contribution in [0.1, 0.15) is 39.0 Å². The normalized spacial score (nSPS) is 44.2. The van der Waals surface area contributed by atoms with Crippen molar-refractivity contribution < 1.29 is 4.79 Å². The lowest BCUT2D eigenvalue weighted by atomic mass is 9.56. The SMILES string of the molecule is CCN1CC2(CCC23CC3)CC1C=O. The van der Waals surface area contributed by atoms with Crippen molar-refractivity contribution in [2.75, 3.05) is 13.1 Å². The molecule has 3 fully saturated rings. The Kier molecular flexibility index (Phi) is 1.65. The molecule has 2 spiro atoms. The van der Waals surface area contributed by atoms with E-state index in [-0.39, 0.29) is 6.04 Å². The Labute approximate surface area is 85.7 Å². The van der Waals surface area contributed by atoms with E-state index in [2.05, 4.69) is 11.8 Å². The maximum Gasteiger partial charge on any atom is 0.137 e. The summed E-state index contributed by atoms with van der Waals surface area (Å²) in [4.78, 5) is 13.4. The summed E-state index contributed by atoms with van der Waals surface area (Å²) in [5.74, 6) is 0. The molecule has 2 unspecified atom stereocenters. The van der Waals surface area contributed by atoms with E-state index < -0.39 is 0 Å². The van der Waals surface area contributed by atoms with Gasteiger partial charge in [-0.05, 0) is 49.5 Å². The summed E-state index contributed by atoms with van der Waals surface area (Å²) in [5, 5.41) is 0. The number of likely N-dealkylation sites (N-methyl/N-ethyl adjacent to an activating group) is 1. The van der Waals surface area contributed by atoms with E-state index >= 15 is 0 Å². The third-order valence-corrected chi connectivity index (χ3v) is 5.20. The zero-order valence-electron chi connectivity index (χ0n) is 8.96. The Morgan fingerprint density at radius 3 is 2.29 bits per heavy atom. The summed E-state index contributed by atoms with van der Waals surface area (Å²) < 4.78 is 0. The first-order chi connectivity index (χ1) is 6.75. The van der Waals surface area contributed by atoms with Crippen LogP contribution in [0.3, 0.4) is 0 Å². The smallest absolute Gasteiger partial charge is 0.137 e. The number of carbonyl (C=O) groups is 1. The van der Waals surface area contributed by atoms with Crippen LogP contribution in [0.15, 0.2) is 0 Å². The fraction of sp³-hybridized carbons (Fsp3) is 0.917. The molecule has 78 valence electrons. The molecule has 3 aliphatic rings. The Morgan fingerprint density at radius 2 is 1.93 bits per heavy atom. The first-order valence-electron chi connectivity index (χ1n) is 5.95. The highest BCUT2D eigenvalue weighted by atomic mass is 16.1. The maximum absolute atomic E-state index is 11.0. The summed E-state index contributed by atoms with van der Waals surface area (Å²) in [6.07, 6.45) is 8.03. The van der Waals surface area contributed by atoms with Gasteiger partial charge in [0.1, 0.15) is 6.29 Å². The average molecular weight is 193 g/mol. The van der Waals surface area contributed by atoms with Crippen molar-refractivity contribution in [2.45, 2.75) is 45.1 Å². The van der Waals surface area contributed by atoms with Crippen LogP contribution in [0.2, 0.25) is 0 Å². The summed E-state index contributed by atoms with van der Waals surface area (Å²) >= 11 is 0. The molecule has 1 aliphatic heterocycles. The largest absolute Gasteiger partial charge is 0.302 e. The van der Waals surface area contributed by atoms with Gasteiger partial charge in [0.2, 0.25) is 0 Å². The molecule has 1 saturated heterocycles. The second-order valence-electron chi connectivity index (χ2n) is 5.53. The molecule has 14 heavy (non-hydrogen) atoms. The minimum atomic E-state index is 0.234. The molecule has 0 aromatic heterocycles. The predicted molar refractivity (Wildman–Crippen MR) is 55.1 cm³/mol. The van der Waals surface area contributed by atoms with Crippen molar-refractivity contribution in [2.24, 2.45) is 10.8 Å². The van der Waals surface area contributed by atoms with E-state index in [4.69, 9.17) is 0 Å². The molecule has 2 aliphatic carbocycles. The topological polar surface area (TPSA) is 20.3 Å². The van der Waals surface area contributed by atoms with Crippen LogP contribution in [0.25, 0.3) is 0 Å². The van der Waals surface area contributed by atoms with E-state index in [1.807, 2.05) is 0 Å². The van der Waals surface area contributed by atoms with Gasteiger partial charge in [-0.15, -0.1) is 0 Å². The van der Waals surface area contributed by atoms with Gasteiger partial charge in [0.25, 0.3) is 0 Å². The Bertz CT molecular complexity index is 271. The third-order valence-electron chi connectivity index (χ3n) is 5.20. The standard InChI is InChI=1S/C12H19NO/c1-2-13-9-12(7-10(13)8-14)6-5-11(12)3-4-11/h8,10H,2-7,9H2,1H3. The highest BCUT2D eigenvalue weighted by molar-refractivity contribution is 5.59. The lowest BCUT2D eigenvalue weighted by Crippen LogP contribution is -2.44. The number of aldehydes is 1. The lowest BCUT2D eigenvalue weighted by molar-refractivity contribution is -0.111. The molecule has 1 heterocycles. The molecule has 0 bridgehead atoms. The maximum atomic E-state index is 11.0. The number of carbonyl (C=O) groups excluding carboxylic acids is 1. The molecule has 2 saturated carbocycles. The quantitative estimate of drug-likeness (QED) is 0.624. The van der Waals surface area contributed by atoms with Gasteiger partial charge in [-0.2, -0.15) is 0 Å². The van der Waals surface area contributed by atoms with Crippen molar-refractivity contribution in [1.82, 2.24) is 4.90 Å². The van der Waals surface area contributed by atoms with Gasteiger partial charge in [-0.3, -0.25) is 4.90 Å². The van der Waals surface area contributed by atoms with Gasteiger partial charge in [0.15, 0.2) is 0 Å². The van der Waals surface area contributed by atoms with Gasteiger partial charge in [-0.25, -0.2) is 0 Å². The number of hydrogen-bond donors (Lipinski definition) is 0. The molecular weight excluding hydrogens is 174 g/mol. The Hall–Kier alpha value is -0.370. The predicted octanol–water partition coefficient (Wildman–Crippen LogP) is 1.84. The fourth-order valence-corrected chi connectivity index (χ4v) is 3.91. The van der Waals surface area contributed by atoms with Crippen molar-refractivity contribution in [3.05, 3.63) is 0 Å². The number of likely N-dealkylation sites (tertiary alicyclic amines) is 1. The lowest BCUT2D eigenvalue weighted by Gasteiger charge is -2.48. The number of nitrogens with zero attached hydrogens (tertiary/aromatic N) is 1. The summed E-state index contributed by atoms with van der Waals surface area (Å²) in [6, 6.07) is 0.234.